The van der Waals surface area contributed by atoms with Crippen LogP contribution in [0.15, 0.2) is 48.5 Å². The SMILES string of the molecule is Nc1ccc(/C=C/C(=O)N2CCC(c3nc4ccc(F)cc4[nH]3)CC2)cc1. The van der Waals surface area contributed by atoms with E-state index >= 15 is 0 Å². The number of aromatic amines is 1. The summed E-state index contributed by atoms with van der Waals surface area (Å²) in [6, 6.07) is 12.0. The third-order valence-corrected chi connectivity index (χ3v) is 5.01. The van der Waals surface area contributed by atoms with E-state index in [4.69, 9.17) is 5.73 Å². The van der Waals surface area contributed by atoms with Gasteiger partial charge in [0.25, 0.3) is 0 Å². The van der Waals surface area contributed by atoms with Gasteiger partial charge in [0, 0.05) is 30.8 Å². The smallest absolute Gasteiger partial charge is 0.246 e. The molecular weight excluding hydrogens is 343 g/mol. The van der Waals surface area contributed by atoms with Crippen LogP contribution >= 0.6 is 0 Å². The highest BCUT2D eigenvalue weighted by molar-refractivity contribution is 5.91. The van der Waals surface area contributed by atoms with Gasteiger partial charge in [0.05, 0.1) is 11.0 Å². The maximum Gasteiger partial charge on any atom is 0.246 e. The average molecular weight is 364 g/mol. The van der Waals surface area contributed by atoms with Gasteiger partial charge in [-0.05, 0) is 54.8 Å². The Hall–Kier alpha value is -3.15. The van der Waals surface area contributed by atoms with Crippen LogP contribution in [0.2, 0.25) is 0 Å². The summed E-state index contributed by atoms with van der Waals surface area (Å²) in [7, 11) is 0. The Labute approximate surface area is 156 Å². The molecule has 0 atom stereocenters. The molecule has 138 valence electrons. The normalized spacial score (nSPS) is 15.7. The summed E-state index contributed by atoms with van der Waals surface area (Å²) in [5, 5.41) is 0. The molecular formula is C21H21FN4O. The highest BCUT2D eigenvalue weighted by Gasteiger charge is 2.24. The Kier molecular flexibility index (Phi) is 4.62. The monoisotopic (exact) mass is 364 g/mol. The molecule has 0 spiro atoms. The minimum absolute atomic E-state index is 0.0111. The van der Waals surface area contributed by atoms with Crippen molar-refractivity contribution in [2.45, 2.75) is 18.8 Å². The number of rotatable bonds is 3. The van der Waals surface area contributed by atoms with Crippen LogP contribution < -0.4 is 5.73 Å². The minimum Gasteiger partial charge on any atom is -0.399 e. The van der Waals surface area contributed by atoms with E-state index in [0.29, 0.717) is 18.8 Å². The number of hydrogen-bond donors (Lipinski definition) is 2. The predicted molar refractivity (Wildman–Crippen MR) is 104 cm³/mol. The summed E-state index contributed by atoms with van der Waals surface area (Å²) in [4.78, 5) is 22.1. The van der Waals surface area contributed by atoms with Crippen LogP contribution in [-0.4, -0.2) is 33.9 Å². The zero-order chi connectivity index (χ0) is 18.8. The number of H-pyrrole nitrogens is 1. The lowest BCUT2D eigenvalue weighted by molar-refractivity contribution is -0.127. The standard InChI is InChI=1S/C21H21FN4O/c22-16-4-7-18-19(13-16)25-21(24-18)15-9-11-26(12-10-15)20(27)8-3-14-1-5-17(23)6-2-14/h1-8,13,15H,9-12,23H2,(H,24,25)/b8-3+. The number of imidazole rings is 1. The topological polar surface area (TPSA) is 75.0 Å². The summed E-state index contributed by atoms with van der Waals surface area (Å²) < 4.78 is 13.3. The third kappa shape index (κ3) is 3.84. The number of nitrogens with zero attached hydrogens (tertiary/aromatic N) is 2. The molecule has 2 heterocycles. The number of nitrogen functional groups attached to an aromatic ring is 1. The number of fused-ring (bicyclic) bond motifs is 1. The average Bonchev–Trinajstić information content (AvgIpc) is 3.10. The van der Waals surface area contributed by atoms with Crippen LogP contribution in [0.4, 0.5) is 10.1 Å². The molecule has 5 nitrogen and oxygen atoms in total. The molecule has 0 radical (unpaired) electrons. The first-order valence-corrected chi connectivity index (χ1v) is 9.06. The van der Waals surface area contributed by atoms with E-state index in [1.54, 1.807) is 12.1 Å². The van der Waals surface area contributed by atoms with Crippen molar-refractivity contribution in [3.8, 4) is 0 Å². The fourth-order valence-corrected chi connectivity index (χ4v) is 3.45. The molecule has 1 aromatic heterocycles. The van der Waals surface area contributed by atoms with E-state index in [1.807, 2.05) is 35.2 Å². The van der Waals surface area contributed by atoms with Crippen LogP contribution in [0, 0.1) is 5.82 Å². The molecule has 4 rings (SSSR count). The van der Waals surface area contributed by atoms with Gasteiger partial charge in [0.1, 0.15) is 11.6 Å². The van der Waals surface area contributed by atoms with Gasteiger partial charge < -0.3 is 15.6 Å². The summed E-state index contributed by atoms with van der Waals surface area (Å²) in [5.74, 6) is 0.869. The summed E-state index contributed by atoms with van der Waals surface area (Å²) >= 11 is 0. The zero-order valence-corrected chi connectivity index (χ0v) is 14.9. The number of halogens is 1. The summed E-state index contributed by atoms with van der Waals surface area (Å²) in [6.45, 7) is 1.36. The molecule has 3 aromatic rings. The molecule has 1 aliphatic rings. The van der Waals surface area contributed by atoms with Crippen molar-refractivity contribution >= 4 is 28.7 Å². The zero-order valence-electron chi connectivity index (χ0n) is 14.9. The van der Waals surface area contributed by atoms with Crippen molar-refractivity contribution in [3.05, 3.63) is 65.7 Å². The van der Waals surface area contributed by atoms with Crippen molar-refractivity contribution in [3.63, 3.8) is 0 Å². The van der Waals surface area contributed by atoms with Gasteiger partial charge in [-0.15, -0.1) is 0 Å². The molecule has 0 aliphatic carbocycles. The first-order chi connectivity index (χ1) is 13.1. The molecule has 1 saturated heterocycles. The molecule has 1 aliphatic heterocycles. The molecule has 1 amide bonds. The van der Waals surface area contributed by atoms with Gasteiger partial charge in [0.15, 0.2) is 0 Å². The molecule has 0 unspecified atom stereocenters. The van der Waals surface area contributed by atoms with Gasteiger partial charge in [0.2, 0.25) is 5.91 Å². The summed E-state index contributed by atoms with van der Waals surface area (Å²) in [6.07, 6.45) is 5.09. The van der Waals surface area contributed by atoms with Gasteiger partial charge in [-0.1, -0.05) is 12.1 Å². The highest BCUT2D eigenvalue weighted by Crippen LogP contribution is 2.28. The number of hydrogen-bond acceptors (Lipinski definition) is 3. The number of nitrogens with one attached hydrogen (secondary N) is 1. The number of piperidine rings is 1. The van der Waals surface area contributed by atoms with Crippen LogP contribution in [0.25, 0.3) is 17.1 Å². The lowest BCUT2D eigenvalue weighted by Gasteiger charge is -2.30. The van der Waals surface area contributed by atoms with Crippen molar-refractivity contribution in [2.24, 2.45) is 0 Å². The van der Waals surface area contributed by atoms with Crippen molar-refractivity contribution < 1.29 is 9.18 Å². The second kappa shape index (κ2) is 7.23. The second-order valence-electron chi connectivity index (χ2n) is 6.88. The second-order valence-corrected chi connectivity index (χ2v) is 6.88. The Balaban J connectivity index is 1.37. The Morgan fingerprint density at radius 2 is 1.93 bits per heavy atom. The number of carbonyl (C=O) groups excluding carboxylic acids is 1. The van der Waals surface area contributed by atoms with E-state index in [9.17, 15) is 9.18 Å². The van der Waals surface area contributed by atoms with E-state index in [0.717, 1.165) is 35.3 Å². The minimum atomic E-state index is -0.272. The van der Waals surface area contributed by atoms with Crippen molar-refractivity contribution in [2.75, 3.05) is 18.8 Å². The largest absolute Gasteiger partial charge is 0.399 e. The maximum atomic E-state index is 13.3. The fraction of sp³-hybridized carbons (Fsp3) is 0.238. The molecule has 6 heteroatoms. The van der Waals surface area contributed by atoms with Gasteiger partial charge in [-0.2, -0.15) is 0 Å². The maximum absolute atomic E-state index is 13.3. The number of nitrogens with two attached hydrogens (primary N) is 1. The van der Waals surface area contributed by atoms with Gasteiger partial charge in [-0.3, -0.25) is 4.79 Å². The molecule has 2 aromatic carbocycles. The number of likely N-dealkylation sites (tertiary alicyclic amines) is 1. The number of anilines is 1. The lowest BCUT2D eigenvalue weighted by atomic mass is 9.96. The lowest BCUT2D eigenvalue weighted by Crippen LogP contribution is -2.37. The summed E-state index contributed by atoms with van der Waals surface area (Å²) in [5.41, 5.74) is 8.81. The quantitative estimate of drug-likeness (QED) is 0.550. The van der Waals surface area contributed by atoms with E-state index in [2.05, 4.69) is 9.97 Å². The van der Waals surface area contributed by atoms with E-state index in [1.165, 1.54) is 12.1 Å². The Bertz CT molecular complexity index is 985. The first kappa shape index (κ1) is 17.3. The Morgan fingerprint density at radius 1 is 1.19 bits per heavy atom. The molecule has 3 N–H and O–H groups in total. The molecule has 0 bridgehead atoms. The van der Waals surface area contributed by atoms with Crippen molar-refractivity contribution in [1.82, 2.24) is 14.9 Å². The molecule has 1 fully saturated rings. The first-order valence-electron chi connectivity index (χ1n) is 9.06. The number of benzene rings is 2. The molecule has 0 saturated carbocycles. The Morgan fingerprint density at radius 3 is 2.67 bits per heavy atom. The number of amides is 1. The van der Waals surface area contributed by atoms with Crippen LogP contribution in [0.5, 0.6) is 0 Å². The van der Waals surface area contributed by atoms with Crippen LogP contribution in [0.1, 0.15) is 30.1 Å². The van der Waals surface area contributed by atoms with Crippen LogP contribution in [0.3, 0.4) is 0 Å². The highest BCUT2D eigenvalue weighted by atomic mass is 19.1. The van der Waals surface area contributed by atoms with E-state index < -0.39 is 0 Å². The van der Waals surface area contributed by atoms with Gasteiger partial charge in [-0.25, -0.2) is 9.37 Å². The molecule has 27 heavy (non-hydrogen) atoms. The predicted octanol–water partition coefficient (Wildman–Crippen LogP) is 3.70. The van der Waals surface area contributed by atoms with Gasteiger partial charge >= 0.3 is 0 Å². The van der Waals surface area contributed by atoms with Crippen molar-refractivity contribution in [1.29, 1.82) is 0 Å². The fourth-order valence-electron chi connectivity index (χ4n) is 3.45. The van der Waals surface area contributed by atoms with E-state index in [-0.39, 0.29) is 17.6 Å². The van der Waals surface area contributed by atoms with Crippen LogP contribution in [-0.2, 0) is 4.79 Å². The number of aromatic nitrogens is 2. The number of carbonyl (C=O) groups is 1. The third-order valence-electron chi connectivity index (χ3n) is 5.01.